The van der Waals surface area contributed by atoms with Gasteiger partial charge in [-0.25, -0.2) is 0 Å². The van der Waals surface area contributed by atoms with Crippen LogP contribution in [0.2, 0.25) is 0 Å². The topological polar surface area (TPSA) is 41.6 Å². The van der Waals surface area contributed by atoms with Gasteiger partial charge in [-0.3, -0.25) is 9.69 Å². The van der Waals surface area contributed by atoms with E-state index in [0.717, 1.165) is 48.5 Å². The molecule has 0 aromatic heterocycles. The number of nitrogens with one attached hydrogen (secondary N) is 1. The standard InChI is InChI=1S/C25H33IN2O2/c1-16-11-17(2)13-21(12-16)25(29)27-14-20-7-6-10-28(15-20)19(4)22-8-9-23(30-5)18(3)24(22)26/h8-9,11-13,19-20H,6-7,10,14-15H2,1-5H3,(H,27,29). The number of rotatable bonds is 6. The van der Waals surface area contributed by atoms with Crippen molar-refractivity contribution < 1.29 is 9.53 Å². The van der Waals surface area contributed by atoms with Crippen LogP contribution in [0.25, 0.3) is 0 Å². The summed E-state index contributed by atoms with van der Waals surface area (Å²) < 4.78 is 6.75. The van der Waals surface area contributed by atoms with Crippen LogP contribution in [0.1, 0.15) is 58.4 Å². The molecule has 0 radical (unpaired) electrons. The van der Waals surface area contributed by atoms with Crippen LogP contribution in [0, 0.1) is 30.3 Å². The normalized spacial score (nSPS) is 18.1. The molecule has 1 aliphatic heterocycles. The fourth-order valence-corrected chi connectivity index (χ4v) is 5.39. The molecule has 1 fully saturated rings. The van der Waals surface area contributed by atoms with E-state index >= 15 is 0 Å². The van der Waals surface area contributed by atoms with Gasteiger partial charge in [0.15, 0.2) is 0 Å². The Kier molecular flexibility index (Phi) is 7.80. The zero-order valence-electron chi connectivity index (χ0n) is 18.7. The molecule has 1 saturated heterocycles. The maximum absolute atomic E-state index is 12.6. The molecule has 2 unspecified atom stereocenters. The minimum Gasteiger partial charge on any atom is -0.496 e. The first-order valence-corrected chi connectivity index (χ1v) is 11.8. The molecular formula is C25H33IN2O2. The second-order valence-electron chi connectivity index (χ2n) is 8.56. The lowest BCUT2D eigenvalue weighted by Crippen LogP contribution is -2.42. The monoisotopic (exact) mass is 520 g/mol. The highest BCUT2D eigenvalue weighted by Crippen LogP contribution is 2.34. The predicted molar refractivity (Wildman–Crippen MR) is 131 cm³/mol. The van der Waals surface area contributed by atoms with Crippen molar-refractivity contribution in [2.45, 2.75) is 46.6 Å². The number of nitrogens with zero attached hydrogens (tertiary/aromatic N) is 1. The molecule has 2 aromatic carbocycles. The van der Waals surface area contributed by atoms with Crippen molar-refractivity contribution in [1.29, 1.82) is 0 Å². The number of piperidine rings is 1. The quantitative estimate of drug-likeness (QED) is 0.517. The van der Waals surface area contributed by atoms with Gasteiger partial charge in [0.05, 0.1) is 7.11 Å². The van der Waals surface area contributed by atoms with Crippen molar-refractivity contribution in [3.8, 4) is 5.75 Å². The van der Waals surface area contributed by atoms with E-state index in [1.807, 2.05) is 26.0 Å². The Morgan fingerprint density at radius 3 is 2.60 bits per heavy atom. The third-order valence-electron chi connectivity index (χ3n) is 6.17. The number of ether oxygens (including phenoxy) is 1. The van der Waals surface area contributed by atoms with Crippen LogP contribution in [-0.4, -0.2) is 37.6 Å². The highest BCUT2D eigenvalue weighted by molar-refractivity contribution is 14.1. The summed E-state index contributed by atoms with van der Waals surface area (Å²) in [5, 5.41) is 3.17. The van der Waals surface area contributed by atoms with Gasteiger partial charge in [-0.15, -0.1) is 0 Å². The van der Waals surface area contributed by atoms with Crippen LogP contribution in [0.4, 0.5) is 0 Å². The van der Waals surface area contributed by atoms with Crippen LogP contribution < -0.4 is 10.1 Å². The third-order valence-corrected chi connectivity index (χ3v) is 7.60. The first-order chi connectivity index (χ1) is 14.3. The van der Waals surface area contributed by atoms with Crippen molar-refractivity contribution in [3.63, 3.8) is 0 Å². The van der Waals surface area contributed by atoms with Gasteiger partial charge in [0.1, 0.15) is 5.75 Å². The second-order valence-corrected chi connectivity index (χ2v) is 9.64. The zero-order chi connectivity index (χ0) is 21.8. The van der Waals surface area contributed by atoms with E-state index in [1.165, 1.54) is 21.1 Å². The highest BCUT2D eigenvalue weighted by Gasteiger charge is 2.26. The second kappa shape index (κ2) is 10.1. The van der Waals surface area contributed by atoms with E-state index < -0.39 is 0 Å². The molecule has 1 amide bonds. The van der Waals surface area contributed by atoms with Crippen LogP contribution >= 0.6 is 22.6 Å². The average molecular weight is 520 g/mol. The molecule has 0 saturated carbocycles. The van der Waals surface area contributed by atoms with Crippen LogP contribution in [0.5, 0.6) is 5.75 Å². The number of halogens is 1. The lowest BCUT2D eigenvalue weighted by molar-refractivity contribution is 0.0917. The number of methoxy groups -OCH3 is 1. The summed E-state index contributed by atoms with van der Waals surface area (Å²) in [5.41, 5.74) is 5.58. The molecular weight excluding hydrogens is 487 g/mol. The smallest absolute Gasteiger partial charge is 0.251 e. The number of hydrogen-bond acceptors (Lipinski definition) is 3. The van der Waals surface area contributed by atoms with Gasteiger partial charge in [-0.1, -0.05) is 23.3 Å². The van der Waals surface area contributed by atoms with Crippen molar-refractivity contribution in [2.75, 3.05) is 26.7 Å². The summed E-state index contributed by atoms with van der Waals surface area (Å²) in [4.78, 5) is 15.2. The molecule has 1 heterocycles. The van der Waals surface area contributed by atoms with Gasteiger partial charge in [0.2, 0.25) is 0 Å². The predicted octanol–water partition coefficient (Wildman–Crippen LogP) is 5.43. The third kappa shape index (κ3) is 5.35. The molecule has 30 heavy (non-hydrogen) atoms. The maximum Gasteiger partial charge on any atom is 0.251 e. The fraction of sp³-hybridized carbons (Fsp3) is 0.480. The number of amides is 1. The summed E-state index contributed by atoms with van der Waals surface area (Å²) in [6.07, 6.45) is 2.33. The van der Waals surface area contributed by atoms with E-state index in [-0.39, 0.29) is 5.91 Å². The summed E-state index contributed by atoms with van der Waals surface area (Å²) in [7, 11) is 1.73. The van der Waals surface area contributed by atoms with E-state index in [1.54, 1.807) is 7.11 Å². The van der Waals surface area contributed by atoms with Crippen LogP contribution in [0.15, 0.2) is 30.3 Å². The van der Waals surface area contributed by atoms with Gasteiger partial charge >= 0.3 is 0 Å². The molecule has 162 valence electrons. The van der Waals surface area contributed by atoms with Gasteiger partial charge in [-0.2, -0.15) is 0 Å². The molecule has 1 aliphatic rings. The lowest BCUT2D eigenvalue weighted by Gasteiger charge is -2.37. The van der Waals surface area contributed by atoms with E-state index in [9.17, 15) is 4.79 Å². The van der Waals surface area contributed by atoms with Crippen molar-refractivity contribution >= 4 is 28.5 Å². The number of likely N-dealkylation sites (tertiary alicyclic amines) is 1. The zero-order valence-corrected chi connectivity index (χ0v) is 20.9. The number of aryl methyl sites for hydroxylation is 2. The highest BCUT2D eigenvalue weighted by atomic mass is 127. The number of benzene rings is 2. The Morgan fingerprint density at radius 1 is 1.23 bits per heavy atom. The summed E-state index contributed by atoms with van der Waals surface area (Å²) >= 11 is 2.44. The molecule has 0 aliphatic carbocycles. The molecule has 2 atom stereocenters. The largest absolute Gasteiger partial charge is 0.496 e. The van der Waals surface area contributed by atoms with E-state index in [4.69, 9.17) is 4.74 Å². The van der Waals surface area contributed by atoms with Crippen molar-refractivity contribution in [2.24, 2.45) is 5.92 Å². The Hall–Kier alpha value is -1.60. The number of hydrogen-bond donors (Lipinski definition) is 1. The Balaban J connectivity index is 1.62. The SMILES string of the molecule is COc1ccc(C(C)N2CCCC(CNC(=O)c3cc(C)cc(C)c3)C2)c(I)c1C. The molecule has 0 spiro atoms. The first-order valence-electron chi connectivity index (χ1n) is 10.7. The molecule has 3 rings (SSSR count). The molecule has 5 heteroatoms. The average Bonchev–Trinajstić information content (AvgIpc) is 2.73. The minimum absolute atomic E-state index is 0.0345. The Morgan fingerprint density at radius 2 is 1.93 bits per heavy atom. The summed E-state index contributed by atoms with van der Waals surface area (Å²) in [6, 6.07) is 10.6. The van der Waals surface area contributed by atoms with Crippen molar-refractivity contribution in [1.82, 2.24) is 10.2 Å². The summed E-state index contributed by atoms with van der Waals surface area (Å²) in [6.45, 7) is 11.3. The summed E-state index contributed by atoms with van der Waals surface area (Å²) in [5.74, 6) is 1.46. The Labute approximate surface area is 194 Å². The maximum atomic E-state index is 12.6. The minimum atomic E-state index is 0.0345. The van der Waals surface area contributed by atoms with Gasteiger partial charge in [0, 0.05) is 33.8 Å². The van der Waals surface area contributed by atoms with Gasteiger partial charge < -0.3 is 10.1 Å². The van der Waals surface area contributed by atoms with Crippen molar-refractivity contribution in [3.05, 3.63) is 61.7 Å². The van der Waals surface area contributed by atoms with Crippen LogP contribution in [-0.2, 0) is 0 Å². The van der Waals surface area contributed by atoms with Crippen LogP contribution in [0.3, 0.4) is 0 Å². The van der Waals surface area contributed by atoms with Gasteiger partial charge in [0.25, 0.3) is 5.91 Å². The van der Waals surface area contributed by atoms with E-state index in [2.05, 4.69) is 64.9 Å². The number of carbonyl (C=O) groups is 1. The first kappa shape index (κ1) is 23.1. The molecule has 4 nitrogen and oxygen atoms in total. The molecule has 0 bridgehead atoms. The van der Waals surface area contributed by atoms with E-state index in [0.29, 0.717) is 12.0 Å². The Bertz CT molecular complexity index is 892. The molecule has 1 N–H and O–H groups in total. The fourth-order valence-electron chi connectivity index (χ4n) is 4.49. The molecule has 2 aromatic rings. The lowest BCUT2D eigenvalue weighted by atomic mass is 9.94. The number of carbonyl (C=O) groups excluding carboxylic acids is 1. The van der Waals surface area contributed by atoms with Gasteiger partial charge in [-0.05, 0) is 99.4 Å².